The van der Waals surface area contributed by atoms with E-state index in [1.165, 1.54) is 23.5 Å². The minimum Gasteiger partial charge on any atom is -0.489 e. The van der Waals surface area contributed by atoms with Crippen LogP contribution >= 0.6 is 23.5 Å². The zero-order chi connectivity index (χ0) is 23.6. The number of amides is 2. The topological polar surface area (TPSA) is 76.7 Å². The third kappa shape index (κ3) is 7.20. The zero-order valence-corrected chi connectivity index (χ0v) is 20.2. The van der Waals surface area contributed by atoms with E-state index < -0.39 is 5.91 Å². The lowest BCUT2D eigenvalue weighted by molar-refractivity contribution is -0.123. The van der Waals surface area contributed by atoms with Crippen molar-refractivity contribution in [2.24, 2.45) is 0 Å². The Labute approximate surface area is 207 Å². The molecule has 1 saturated heterocycles. The fourth-order valence-electron chi connectivity index (χ4n) is 3.23. The van der Waals surface area contributed by atoms with E-state index in [0.717, 1.165) is 5.56 Å². The van der Waals surface area contributed by atoms with Gasteiger partial charge < -0.3 is 9.47 Å². The molecule has 34 heavy (non-hydrogen) atoms. The number of carbonyl (C=O) groups is 2. The second kappa shape index (κ2) is 12.4. The maximum Gasteiger partial charge on any atom is 0.276 e. The third-order valence-corrected chi connectivity index (χ3v) is 8.04. The van der Waals surface area contributed by atoms with Crippen LogP contribution < -0.4 is 20.3 Å². The van der Waals surface area contributed by atoms with E-state index in [0.29, 0.717) is 28.3 Å². The first-order chi connectivity index (χ1) is 16.7. The average molecular weight is 495 g/mol. The Morgan fingerprint density at radius 3 is 2.12 bits per heavy atom. The normalized spacial score (nSPS) is 13.6. The Balaban J connectivity index is 1.17. The summed E-state index contributed by atoms with van der Waals surface area (Å²) in [7, 11) is 0. The molecule has 0 bridgehead atoms. The summed E-state index contributed by atoms with van der Waals surface area (Å²) in [6, 6.07) is 24.4. The molecule has 0 spiro atoms. The van der Waals surface area contributed by atoms with Gasteiger partial charge >= 0.3 is 0 Å². The van der Waals surface area contributed by atoms with Crippen LogP contribution in [0.1, 0.15) is 32.5 Å². The molecule has 0 radical (unpaired) electrons. The molecular formula is C26H26N2O4S2. The van der Waals surface area contributed by atoms with Crippen molar-refractivity contribution < 1.29 is 19.1 Å². The molecule has 0 unspecified atom stereocenters. The van der Waals surface area contributed by atoms with Gasteiger partial charge in [0.2, 0.25) is 0 Å². The number of hydrogen-bond donors (Lipinski definition) is 2. The summed E-state index contributed by atoms with van der Waals surface area (Å²) >= 11 is 3.87. The second-order valence-corrected chi connectivity index (χ2v) is 10.3. The maximum absolute atomic E-state index is 12.3. The summed E-state index contributed by atoms with van der Waals surface area (Å²) in [4.78, 5) is 24.4. The molecule has 3 aromatic rings. The van der Waals surface area contributed by atoms with E-state index in [2.05, 4.69) is 10.9 Å². The van der Waals surface area contributed by atoms with Crippen LogP contribution in [0.5, 0.6) is 11.5 Å². The van der Waals surface area contributed by atoms with Gasteiger partial charge in [-0.1, -0.05) is 42.5 Å². The predicted octanol–water partition coefficient (Wildman–Crippen LogP) is 4.97. The van der Waals surface area contributed by atoms with Gasteiger partial charge in [0.1, 0.15) is 18.1 Å². The van der Waals surface area contributed by atoms with Crippen LogP contribution in [-0.2, 0) is 11.4 Å². The SMILES string of the molecule is O=C(COc1ccc(OCc2ccccc2)cc1)NNC(=O)c1ccc(C2SCCCS2)cc1. The number of thioether (sulfide) groups is 2. The predicted molar refractivity (Wildman–Crippen MR) is 137 cm³/mol. The molecule has 2 amide bonds. The average Bonchev–Trinajstić information content (AvgIpc) is 2.91. The molecule has 2 N–H and O–H groups in total. The van der Waals surface area contributed by atoms with E-state index in [9.17, 15) is 9.59 Å². The number of nitrogens with one attached hydrogen (secondary N) is 2. The first kappa shape index (κ1) is 24.0. The Hall–Kier alpha value is -3.10. The molecule has 1 aliphatic heterocycles. The van der Waals surface area contributed by atoms with Crippen LogP contribution in [0.25, 0.3) is 0 Å². The van der Waals surface area contributed by atoms with Crippen molar-refractivity contribution in [1.82, 2.24) is 10.9 Å². The van der Waals surface area contributed by atoms with E-state index in [4.69, 9.17) is 9.47 Å². The Kier molecular flexibility index (Phi) is 8.76. The summed E-state index contributed by atoms with van der Waals surface area (Å²) in [6.07, 6.45) is 1.24. The number of hydrogen-bond acceptors (Lipinski definition) is 6. The number of ether oxygens (including phenoxy) is 2. The third-order valence-electron chi connectivity index (χ3n) is 5.03. The summed E-state index contributed by atoms with van der Waals surface area (Å²) in [5.74, 6) is 2.75. The molecule has 4 rings (SSSR count). The van der Waals surface area contributed by atoms with Gasteiger partial charge in [-0.05, 0) is 65.5 Å². The van der Waals surface area contributed by atoms with Crippen LogP contribution in [0.3, 0.4) is 0 Å². The summed E-state index contributed by atoms with van der Waals surface area (Å²) in [5.41, 5.74) is 7.59. The van der Waals surface area contributed by atoms with Gasteiger partial charge in [0.25, 0.3) is 11.8 Å². The van der Waals surface area contributed by atoms with Crippen molar-refractivity contribution in [3.8, 4) is 11.5 Å². The van der Waals surface area contributed by atoms with E-state index >= 15 is 0 Å². The van der Waals surface area contributed by atoms with Gasteiger partial charge in [-0.25, -0.2) is 0 Å². The number of hydrazine groups is 1. The zero-order valence-electron chi connectivity index (χ0n) is 18.6. The fraction of sp³-hybridized carbons (Fsp3) is 0.231. The standard InChI is InChI=1S/C26H26N2O4S2/c29-24(18-32-23-13-11-22(12-14-23)31-17-19-5-2-1-3-6-19)27-28-25(30)20-7-9-21(10-8-20)26-33-15-4-16-34-26/h1-3,5-14,26H,4,15-18H2,(H,27,29)(H,28,30). The Morgan fingerprint density at radius 1 is 0.794 bits per heavy atom. The Morgan fingerprint density at radius 2 is 1.44 bits per heavy atom. The highest BCUT2D eigenvalue weighted by Gasteiger charge is 2.17. The summed E-state index contributed by atoms with van der Waals surface area (Å²) < 4.78 is 11.6. The molecule has 1 fully saturated rings. The molecular weight excluding hydrogens is 468 g/mol. The molecule has 176 valence electrons. The number of benzene rings is 3. The molecule has 6 nitrogen and oxygen atoms in total. The first-order valence-corrected chi connectivity index (χ1v) is 13.1. The molecule has 0 atom stereocenters. The van der Waals surface area contributed by atoms with Crippen LogP contribution in [0.2, 0.25) is 0 Å². The van der Waals surface area contributed by atoms with Crippen molar-refractivity contribution in [1.29, 1.82) is 0 Å². The smallest absolute Gasteiger partial charge is 0.276 e. The highest BCUT2D eigenvalue weighted by molar-refractivity contribution is 8.16. The molecule has 0 aliphatic carbocycles. The monoisotopic (exact) mass is 494 g/mol. The van der Waals surface area contributed by atoms with Gasteiger partial charge in [-0.2, -0.15) is 0 Å². The largest absolute Gasteiger partial charge is 0.489 e. The van der Waals surface area contributed by atoms with E-state index in [1.54, 1.807) is 36.4 Å². The lowest BCUT2D eigenvalue weighted by Crippen LogP contribution is -2.43. The summed E-state index contributed by atoms with van der Waals surface area (Å²) in [5, 5.41) is 0. The quantitative estimate of drug-likeness (QED) is 0.431. The van der Waals surface area contributed by atoms with E-state index in [-0.39, 0.29) is 12.5 Å². The number of rotatable bonds is 8. The lowest BCUT2D eigenvalue weighted by atomic mass is 10.1. The maximum atomic E-state index is 12.3. The second-order valence-electron chi connectivity index (χ2n) is 7.59. The first-order valence-electron chi connectivity index (χ1n) is 11.0. The molecule has 8 heteroatoms. The summed E-state index contributed by atoms with van der Waals surface area (Å²) in [6.45, 7) is 0.254. The highest BCUT2D eigenvalue weighted by atomic mass is 32.2. The number of carbonyl (C=O) groups excluding carboxylic acids is 2. The highest BCUT2D eigenvalue weighted by Crippen LogP contribution is 2.43. The molecule has 0 aromatic heterocycles. The van der Waals surface area contributed by atoms with Gasteiger partial charge in [-0.3, -0.25) is 20.4 Å². The van der Waals surface area contributed by atoms with Gasteiger partial charge in [0, 0.05) is 5.56 Å². The van der Waals surface area contributed by atoms with Gasteiger partial charge in [0.15, 0.2) is 6.61 Å². The molecule has 1 heterocycles. The van der Waals surface area contributed by atoms with E-state index in [1.807, 2.05) is 66.0 Å². The van der Waals surface area contributed by atoms with Crippen molar-refractivity contribution in [3.05, 3.63) is 95.6 Å². The minimum atomic E-state index is -0.454. The van der Waals surface area contributed by atoms with Crippen LogP contribution in [0.15, 0.2) is 78.9 Å². The van der Waals surface area contributed by atoms with Gasteiger partial charge in [-0.15, -0.1) is 23.5 Å². The van der Waals surface area contributed by atoms with Crippen molar-refractivity contribution in [2.75, 3.05) is 18.1 Å². The van der Waals surface area contributed by atoms with Crippen LogP contribution in [0, 0.1) is 0 Å². The molecule has 0 saturated carbocycles. The molecule has 3 aromatic carbocycles. The minimum absolute atomic E-state index is 0.223. The molecule has 1 aliphatic rings. The van der Waals surface area contributed by atoms with Crippen molar-refractivity contribution in [2.45, 2.75) is 17.6 Å². The van der Waals surface area contributed by atoms with Crippen molar-refractivity contribution >= 4 is 35.3 Å². The van der Waals surface area contributed by atoms with Crippen LogP contribution in [-0.4, -0.2) is 29.9 Å². The Bertz CT molecular complexity index is 1070. The lowest BCUT2D eigenvalue weighted by Gasteiger charge is -2.21. The fourth-order valence-corrected chi connectivity index (χ4v) is 6.12. The van der Waals surface area contributed by atoms with Crippen LogP contribution in [0.4, 0.5) is 0 Å². The van der Waals surface area contributed by atoms with Gasteiger partial charge in [0.05, 0.1) is 4.58 Å². The van der Waals surface area contributed by atoms with Crippen molar-refractivity contribution in [3.63, 3.8) is 0 Å².